The van der Waals surface area contributed by atoms with Gasteiger partial charge in [-0.15, -0.1) is 0 Å². The Bertz CT molecular complexity index is 144. The number of rotatable bonds is 2. The van der Waals surface area contributed by atoms with Crippen molar-refractivity contribution in [1.82, 2.24) is 0 Å². The minimum atomic E-state index is -2.41. The molecule has 1 aliphatic carbocycles. The molecule has 72 valence electrons. The average Bonchev–Trinajstić information content (AvgIpc) is 2.06. The van der Waals surface area contributed by atoms with Gasteiger partial charge in [0.1, 0.15) is 0 Å². The number of ether oxygens (including phenoxy) is 1. The van der Waals surface area contributed by atoms with E-state index in [1.165, 1.54) is 0 Å². The zero-order valence-corrected chi connectivity index (χ0v) is 7.22. The lowest BCUT2D eigenvalue weighted by molar-refractivity contribution is -0.0118. The van der Waals surface area contributed by atoms with Crippen molar-refractivity contribution in [1.29, 1.82) is 0 Å². The molecule has 1 saturated carbocycles. The molecule has 0 bridgehead atoms. The topological polar surface area (TPSA) is 35.2 Å². The normalized spacial score (nSPS) is 37.2. The molecule has 2 nitrogen and oxygen atoms in total. The van der Waals surface area contributed by atoms with Crippen molar-refractivity contribution in [3.05, 3.63) is 0 Å². The van der Waals surface area contributed by atoms with E-state index in [0.717, 1.165) is 0 Å². The third-order valence-electron chi connectivity index (χ3n) is 2.63. The quantitative estimate of drug-likeness (QED) is 0.697. The van der Waals surface area contributed by atoms with E-state index in [1.54, 1.807) is 7.11 Å². The van der Waals surface area contributed by atoms with Gasteiger partial charge in [-0.3, -0.25) is 0 Å². The number of hydrogen-bond donors (Lipinski definition) is 1. The first kappa shape index (κ1) is 9.86. The van der Waals surface area contributed by atoms with Crippen LogP contribution in [-0.4, -0.2) is 25.2 Å². The van der Waals surface area contributed by atoms with Crippen molar-refractivity contribution in [2.24, 2.45) is 5.73 Å². The SMILES string of the molecule is COC1CCC(N)(C(F)F)CC1. The largest absolute Gasteiger partial charge is 0.381 e. The van der Waals surface area contributed by atoms with E-state index >= 15 is 0 Å². The highest BCUT2D eigenvalue weighted by atomic mass is 19.3. The Morgan fingerprint density at radius 1 is 1.42 bits per heavy atom. The van der Waals surface area contributed by atoms with E-state index in [2.05, 4.69) is 0 Å². The summed E-state index contributed by atoms with van der Waals surface area (Å²) in [5, 5.41) is 0. The lowest BCUT2D eigenvalue weighted by atomic mass is 9.81. The molecule has 2 N–H and O–H groups in total. The summed E-state index contributed by atoms with van der Waals surface area (Å²) in [7, 11) is 1.61. The minimum absolute atomic E-state index is 0.125. The summed E-state index contributed by atoms with van der Waals surface area (Å²) in [6.07, 6.45) is -0.253. The van der Waals surface area contributed by atoms with E-state index in [1.807, 2.05) is 0 Å². The average molecular weight is 179 g/mol. The molecule has 0 amide bonds. The Hall–Kier alpha value is -0.220. The first-order chi connectivity index (χ1) is 5.58. The molecule has 0 atom stereocenters. The van der Waals surface area contributed by atoms with Crippen LogP contribution in [0.3, 0.4) is 0 Å². The summed E-state index contributed by atoms with van der Waals surface area (Å²) >= 11 is 0. The molecule has 0 aliphatic heterocycles. The van der Waals surface area contributed by atoms with Crippen LogP contribution in [0.2, 0.25) is 0 Å². The molecule has 0 spiro atoms. The van der Waals surface area contributed by atoms with E-state index in [-0.39, 0.29) is 6.10 Å². The van der Waals surface area contributed by atoms with Gasteiger partial charge in [0.25, 0.3) is 6.43 Å². The number of nitrogens with two attached hydrogens (primary N) is 1. The standard InChI is InChI=1S/C8H15F2NO/c1-12-6-2-4-8(11,5-3-6)7(9)10/h6-7H,2-5,11H2,1H3. The number of hydrogen-bond acceptors (Lipinski definition) is 2. The molecule has 1 aliphatic rings. The van der Waals surface area contributed by atoms with Gasteiger partial charge >= 0.3 is 0 Å². The van der Waals surface area contributed by atoms with E-state index in [9.17, 15) is 8.78 Å². The van der Waals surface area contributed by atoms with Crippen molar-refractivity contribution in [2.45, 2.75) is 43.8 Å². The van der Waals surface area contributed by atoms with Gasteiger partial charge in [0.15, 0.2) is 0 Å². The summed E-state index contributed by atoms with van der Waals surface area (Å²) in [5.41, 5.74) is 4.26. The Labute approximate surface area is 71.1 Å². The molecular formula is C8H15F2NO. The summed E-state index contributed by atoms with van der Waals surface area (Å²) in [4.78, 5) is 0. The molecule has 0 aromatic carbocycles. The second-order valence-corrected chi connectivity index (χ2v) is 3.47. The Morgan fingerprint density at radius 3 is 2.25 bits per heavy atom. The van der Waals surface area contributed by atoms with Crippen LogP contribution >= 0.6 is 0 Å². The zero-order valence-electron chi connectivity index (χ0n) is 7.22. The predicted molar refractivity (Wildman–Crippen MR) is 42.2 cm³/mol. The van der Waals surface area contributed by atoms with E-state index < -0.39 is 12.0 Å². The van der Waals surface area contributed by atoms with Gasteiger partial charge in [0.05, 0.1) is 11.6 Å². The van der Waals surface area contributed by atoms with Crippen molar-refractivity contribution in [3.63, 3.8) is 0 Å². The van der Waals surface area contributed by atoms with Crippen molar-refractivity contribution in [3.8, 4) is 0 Å². The number of methoxy groups -OCH3 is 1. The third kappa shape index (κ3) is 1.93. The highest BCUT2D eigenvalue weighted by Gasteiger charge is 2.39. The molecule has 0 aromatic rings. The molecular weight excluding hydrogens is 164 g/mol. The van der Waals surface area contributed by atoms with Gasteiger partial charge in [0, 0.05) is 7.11 Å². The number of halogens is 2. The molecule has 0 unspecified atom stereocenters. The van der Waals surface area contributed by atoms with Crippen LogP contribution in [0, 0.1) is 0 Å². The summed E-state index contributed by atoms with van der Waals surface area (Å²) < 4.78 is 29.8. The Kier molecular flexibility index (Phi) is 3.01. The number of alkyl halides is 2. The van der Waals surface area contributed by atoms with Crippen LogP contribution in [0.15, 0.2) is 0 Å². The smallest absolute Gasteiger partial charge is 0.256 e. The van der Waals surface area contributed by atoms with Crippen LogP contribution in [0.1, 0.15) is 25.7 Å². The van der Waals surface area contributed by atoms with E-state index in [4.69, 9.17) is 10.5 Å². The highest BCUT2D eigenvalue weighted by molar-refractivity contribution is 4.92. The van der Waals surface area contributed by atoms with Gasteiger partial charge < -0.3 is 10.5 Å². The van der Waals surface area contributed by atoms with Gasteiger partial charge in [-0.2, -0.15) is 0 Å². The first-order valence-corrected chi connectivity index (χ1v) is 4.18. The van der Waals surface area contributed by atoms with Crippen molar-refractivity contribution < 1.29 is 13.5 Å². The fourth-order valence-corrected chi connectivity index (χ4v) is 1.58. The van der Waals surface area contributed by atoms with Gasteiger partial charge in [0.2, 0.25) is 0 Å². The monoisotopic (exact) mass is 179 g/mol. The van der Waals surface area contributed by atoms with Gasteiger partial charge in [-0.1, -0.05) is 0 Å². The molecule has 4 heteroatoms. The lowest BCUT2D eigenvalue weighted by Gasteiger charge is -2.35. The van der Waals surface area contributed by atoms with Gasteiger partial charge in [-0.25, -0.2) is 8.78 Å². The summed E-state index contributed by atoms with van der Waals surface area (Å²) in [6.45, 7) is 0. The minimum Gasteiger partial charge on any atom is -0.381 e. The first-order valence-electron chi connectivity index (χ1n) is 4.18. The molecule has 12 heavy (non-hydrogen) atoms. The Morgan fingerprint density at radius 2 is 1.92 bits per heavy atom. The Balaban J connectivity index is 2.44. The van der Waals surface area contributed by atoms with Crippen LogP contribution in [-0.2, 0) is 4.74 Å². The molecule has 1 fully saturated rings. The predicted octanol–water partition coefficient (Wildman–Crippen LogP) is 1.54. The zero-order chi connectivity index (χ0) is 9.19. The van der Waals surface area contributed by atoms with Crippen LogP contribution in [0.4, 0.5) is 8.78 Å². The molecule has 0 aromatic heterocycles. The maximum atomic E-state index is 12.4. The van der Waals surface area contributed by atoms with E-state index in [0.29, 0.717) is 25.7 Å². The van der Waals surface area contributed by atoms with Crippen LogP contribution in [0.5, 0.6) is 0 Å². The highest BCUT2D eigenvalue weighted by Crippen LogP contribution is 2.32. The summed E-state index contributed by atoms with van der Waals surface area (Å²) in [6, 6.07) is 0. The molecule has 0 saturated heterocycles. The van der Waals surface area contributed by atoms with Crippen molar-refractivity contribution >= 4 is 0 Å². The lowest BCUT2D eigenvalue weighted by Crippen LogP contribution is -2.50. The second-order valence-electron chi connectivity index (χ2n) is 3.47. The van der Waals surface area contributed by atoms with Gasteiger partial charge in [-0.05, 0) is 25.7 Å². The summed E-state index contributed by atoms with van der Waals surface area (Å²) in [5.74, 6) is 0. The second kappa shape index (κ2) is 3.66. The maximum absolute atomic E-state index is 12.4. The fourth-order valence-electron chi connectivity index (χ4n) is 1.58. The fraction of sp³-hybridized carbons (Fsp3) is 1.00. The molecule has 1 rings (SSSR count). The maximum Gasteiger partial charge on any atom is 0.256 e. The third-order valence-corrected chi connectivity index (χ3v) is 2.63. The molecule has 0 radical (unpaired) electrons. The molecule has 0 heterocycles. The van der Waals surface area contributed by atoms with Crippen LogP contribution in [0.25, 0.3) is 0 Å². The van der Waals surface area contributed by atoms with Crippen molar-refractivity contribution in [2.75, 3.05) is 7.11 Å². The van der Waals surface area contributed by atoms with Crippen LogP contribution < -0.4 is 5.73 Å².